The summed E-state index contributed by atoms with van der Waals surface area (Å²) in [5.74, 6) is 0.460. The number of ether oxygens (including phenoxy) is 1. The summed E-state index contributed by atoms with van der Waals surface area (Å²) >= 11 is 0. The van der Waals surface area contributed by atoms with Crippen LogP contribution in [0.3, 0.4) is 0 Å². The van der Waals surface area contributed by atoms with Crippen molar-refractivity contribution in [2.24, 2.45) is 16.7 Å². The van der Waals surface area contributed by atoms with E-state index >= 15 is 0 Å². The molecule has 4 aliphatic carbocycles. The van der Waals surface area contributed by atoms with Crippen molar-refractivity contribution < 1.29 is 14.3 Å². The molecule has 4 nitrogen and oxygen atoms in total. The first-order valence-corrected chi connectivity index (χ1v) is 8.13. The van der Waals surface area contributed by atoms with E-state index in [2.05, 4.69) is 23.9 Å². The molecule has 4 aliphatic rings. The van der Waals surface area contributed by atoms with Gasteiger partial charge in [0.25, 0.3) is 0 Å². The highest BCUT2D eigenvalue weighted by Gasteiger charge is 2.60. The highest BCUT2D eigenvalue weighted by molar-refractivity contribution is 5.81. The Morgan fingerprint density at radius 2 is 1.67 bits per heavy atom. The fraction of sp³-hybridized carbons (Fsp3) is 0.882. The Hall–Kier alpha value is -1.06. The van der Waals surface area contributed by atoms with Crippen LogP contribution in [-0.2, 0) is 14.3 Å². The maximum Gasteiger partial charge on any atom is 0.306 e. The fourth-order valence-corrected chi connectivity index (χ4v) is 6.26. The minimum Gasteiger partial charge on any atom is -0.469 e. The van der Waals surface area contributed by atoms with Gasteiger partial charge >= 0.3 is 5.97 Å². The van der Waals surface area contributed by atoms with Crippen LogP contribution in [-0.4, -0.2) is 24.5 Å². The lowest BCUT2D eigenvalue weighted by Crippen LogP contribution is -2.65. The zero-order chi connectivity index (χ0) is 15.3. The van der Waals surface area contributed by atoms with Crippen LogP contribution in [0, 0.1) is 16.7 Å². The normalized spacial score (nSPS) is 43.7. The van der Waals surface area contributed by atoms with Gasteiger partial charge in [-0.05, 0) is 55.3 Å². The SMILES string of the molecule is COC(=O)CCC(=O)NC12CC3CC(C)(CC(C)(C3)C1)C2. The van der Waals surface area contributed by atoms with Gasteiger partial charge in [-0.3, -0.25) is 9.59 Å². The molecule has 4 rings (SSSR count). The predicted molar refractivity (Wildman–Crippen MR) is 79.5 cm³/mol. The summed E-state index contributed by atoms with van der Waals surface area (Å²) in [6.07, 6.45) is 7.71. The van der Waals surface area contributed by atoms with E-state index in [0.717, 1.165) is 25.2 Å². The molecular formula is C17H27NO3. The molecular weight excluding hydrogens is 266 g/mol. The molecule has 21 heavy (non-hydrogen) atoms. The van der Waals surface area contributed by atoms with Crippen LogP contribution in [0.1, 0.15) is 65.2 Å². The summed E-state index contributed by atoms with van der Waals surface area (Å²) in [5.41, 5.74) is 0.768. The van der Waals surface area contributed by atoms with Gasteiger partial charge in [-0.15, -0.1) is 0 Å². The summed E-state index contributed by atoms with van der Waals surface area (Å²) < 4.78 is 4.61. The smallest absolute Gasteiger partial charge is 0.306 e. The number of carbonyl (C=O) groups is 2. The first-order valence-electron chi connectivity index (χ1n) is 8.13. The number of esters is 1. The molecule has 0 radical (unpaired) electrons. The van der Waals surface area contributed by atoms with Crippen LogP contribution >= 0.6 is 0 Å². The number of nitrogens with one attached hydrogen (secondary N) is 1. The Bertz CT molecular complexity index is 455. The highest BCUT2D eigenvalue weighted by atomic mass is 16.5. The number of methoxy groups -OCH3 is 1. The van der Waals surface area contributed by atoms with Crippen molar-refractivity contribution in [1.29, 1.82) is 0 Å². The van der Waals surface area contributed by atoms with Gasteiger partial charge in [0.15, 0.2) is 0 Å². The molecule has 0 spiro atoms. The lowest BCUT2D eigenvalue weighted by Gasteiger charge is -2.65. The largest absolute Gasteiger partial charge is 0.469 e. The Labute approximate surface area is 127 Å². The van der Waals surface area contributed by atoms with Gasteiger partial charge in [-0.25, -0.2) is 0 Å². The molecule has 0 heterocycles. The second kappa shape index (κ2) is 4.72. The molecule has 4 saturated carbocycles. The quantitative estimate of drug-likeness (QED) is 0.811. The highest BCUT2D eigenvalue weighted by Crippen LogP contribution is 2.66. The second-order valence-electron chi connectivity index (χ2n) is 8.53. The van der Waals surface area contributed by atoms with Gasteiger partial charge in [0, 0.05) is 12.0 Å². The molecule has 4 heteroatoms. The zero-order valence-corrected chi connectivity index (χ0v) is 13.5. The number of hydrogen-bond acceptors (Lipinski definition) is 3. The topological polar surface area (TPSA) is 55.4 Å². The standard InChI is InChI=1S/C17H27NO3/c1-15-6-12-7-16(2,9-15)11-17(8-12,10-15)18-13(19)4-5-14(20)21-3/h12H,4-11H2,1-3H3,(H,18,19). The van der Waals surface area contributed by atoms with Crippen LogP contribution in [0.4, 0.5) is 0 Å². The van der Waals surface area contributed by atoms with Crippen molar-refractivity contribution in [3.8, 4) is 0 Å². The molecule has 2 unspecified atom stereocenters. The van der Waals surface area contributed by atoms with E-state index in [0.29, 0.717) is 10.8 Å². The maximum absolute atomic E-state index is 12.2. The van der Waals surface area contributed by atoms with Crippen LogP contribution < -0.4 is 5.32 Å². The minimum atomic E-state index is -0.311. The molecule has 118 valence electrons. The van der Waals surface area contributed by atoms with Gasteiger partial charge in [0.05, 0.1) is 13.5 Å². The van der Waals surface area contributed by atoms with Gasteiger partial charge in [-0.1, -0.05) is 13.8 Å². The van der Waals surface area contributed by atoms with E-state index in [4.69, 9.17) is 0 Å². The first kappa shape index (κ1) is 14.9. The fourth-order valence-electron chi connectivity index (χ4n) is 6.26. The number of hydrogen-bond donors (Lipinski definition) is 1. The number of carbonyl (C=O) groups excluding carboxylic acids is 2. The van der Waals surface area contributed by atoms with Gasteiger partial charge in [0.1, 0.15) is 0 Å². The molecule has 0 aliphatic heterocycles. The van der Waals surface area contributed by atoms with E-state index in [1.807, 2.05) is 0 Å². The Kier molecular flexibility index (Phi) is 3.34. The molecule has 0 aromatic heterocycles. The van der Waals surface area contributed by atoms with Crippen molar-refractivity contribution in [1.82, 2.24) is 5.32 Å². The molecule has 1 N–H and O–H groups in total. The average Bonchev–Trinajstić information content (AvgIpc) is 2.30. The van der Waals surface area contributed by atoms with Crippen molar-refractivity contribution in [2.45, 2.75) is 70.8 Å². The van der Waals surface area contributed by atoms with Gasteiger partial charge < -0.3 is 10.1 Å². The van der Waals surface area contributed by atoms with Crippen LogP contribution in [0.15, 0.2) is 0 Å². The van der Waals surface area contributed by atoms with E-state index < -0.39 is 0 Å². The maximum atomic E-state index is 12.2. The average molecular weight is 293 g/mol. The lowest BCUT2D eigenvalue weighted by atomic mass is 9.43. The summed E-state index contributed by atoms with van der Waals surface area (Å²) in [4.78, 5) is 23.4. The molecule has 1 amide bonds. The minimum absolute atomic E-state index is 0.00884. The van der Waals surface area contributed by atoms with Crippen molar-refractivity contribution in [3.05, 3.63) is 0 Å². The molecule has 4 bridgehead atoms. The Morgan fingerprint density at radius 1 is 1.05 bits per heavy atom. The zero-order valence-electron chi connectivity index (χ0n) is 13.5. The van der Waals surface area contributed by atoms with Crippen molar-refractivity contribution in [2.75, 3.05) is 7.11 Å². The van der Waals surface area contributed by atoms with E-state index in [1.54, 1.807) is 0 Å². The molecule has 0 aromatic carbocycles. The Balaban J connectivity index is 1.67. The van der Waals surface area contributed by atoms with Crippen LogP contribution in [0.25, 0.3) is 0 Å². The summed E-state index contributed by atoms with van der Waals surface area (Å²) in [6.45, 7) is 4.79. The monoisotopic (exact) mass is 293 g/mol. The van der Waals surface area contributed by atoms with E-state index in [-0.39, 0.29) is 30.3 Å². The van der Waals surface area contributed by atoms with Gasteiger partial charge in [-0.2, -0.15) is 0 Å². The van der Waals surface area contributed by atoms with Crippen molar-refractivity contribution in [3.63, 3.8) is 0 Å². The molecule has 0 saturated heterocycles. The summed E-state index contributed by atoms with van der Waals surface area (Å²) in [6, 6.07) is 0. The number of rotatable bonds is 4. The molecule has 2 atom stereocenters. The third kappa shape index (κ3) is 2.82. The summed E-state index contributed by atoms with van der Waals surface area (Å²) in [7, 11) is 1.36. The predicted octanol–water partition coefficient (Wildman–Crippen LogP) is 2.80. The van der Waals surface area contributed by atoms with Crippen LogP contribution in [0.2, 0.25) is 0 Å². The second-order valence-corrected chi connectivity index (χ2v) is 8.53. The Morgan fingerprint density at radius 3 is 2.19 bits per heavy atom. The van der Waals surface area contributed by atoms with Crippen molar-refractivity contribution >= 4 is 11.9 Å². The lowest BCUT2D eigenvalue weighted by molar-refractivity contribution is -0.145. The molecule has 0 aromatic rings. The van der Waals surface area contributed by atoms with Gasteiger partial charge in [0.2, 0.25) is 5.91 Å². The third-order valence-electron chi connectivity index (χ3n) is 5.81. The summed E-state index contributed by atoms with van der Waals surface area (Å²) in [5, 5.41) is 3.31. The first-order chi connectivity index (χ1) is 9.76. The molecule has 4 fully saturated rings. The third-order valence-corrected chi connectivity index (χ3v) is 5.81. The van der Waals surface area contributed by atoms with E-state index in [9.17, 15) is 9.59 Å². The number of amides is 1. The van der Waals surface area contributed by atoms with Crippen LogP contribution in [0.5, 0.6) is 0 Å². The van der Waals surface area contributed by atoms with E-state index in [1.165, 1.54) is 26.4 Å².